The molecular weight excluding hydrogens is 266 g/mol. The summed E-state index contributed by atoms with van der Waals surface area (Å²) in [6, 6.07) is 12.2. The average molecular weight is 283 g/mol. The number of carbonyl (C=O) groups excluding carboxylic acids is 1. The van der Waals surface area contributed by atoms with Crippen LogP contribution in [0.2, 0.25) is 0 Å². The lowest BCUT2D eigenvalue weighted by Crippen LogP contribution is -2.25. The molecule has 108 valence electrons. The van der Waals surface area contributed by atoms with Crippen molar-refractivity contribution in [1.82, 2.24) is 0 Å². The molecule has 0 spiro atoms. The van der Waals surface area contributed by atoms with Gasteiger partial charge in [-0.05, 0) is 43.2 Å². The summed E-state index contributed by atoms with van der Waals surface area (Å²) in [6.45, 7) is 5.31. The van der Waals surface area contributed by atoms with Crippen molar-refractivity contribution in [3.8, 4) is 0 Å². The van der Waals surface area contributed by atoms with Crippen LogP contribution in [0.25, 0.3) is 0 Å². The third kappa shape index (κ3) is 2.79. The van der Waals surface area contributed by atoms with E-state index in [4.69, 9.17) is 0 Å². The van der Waals surface area contributed by atoms with Crippen molar-refractivity contribution in [1.29, 1.82) is 0 Å². The number of aryl methyl sites for hydroxylation is 1. The van der Waals surface area contributed by atoms with Crippen molar-refractivity contribution in [3.05, 3.63) is 59.2 Å². The summed E-state index contributed by atoms with van der Waals surface area (Å²) in [6.07, 6.45) is 0. The molecule has 2 aromatic rings. The van der Waals surface area contributed by atoms with Gasteiger partial charge >= 0.3 is 5.97 Å². The highest BCUT2D eigenvalue weighted by Gasteiger charge is 2.21. The first kappa shape index (κ1) is 14.8. The van der Waals surface area contributed by atoms with Crippen molar-refractivity contribution < 1.29 is 14.7 Å². The molecule has 0 aliphatic heterocycles. The lowest BCUT2D eigenvalue weighted by atomic mass is 10.1. The molecule has 4 nitrogen and oxygen atoms in total. The second kappa shape index (κ2) is 5.79. The number of anilines is 2. The first-order chi connectivity index (χ1) is 9.93. The maximum atomic E-state index is 12.1. The van der Waals surface area contributed by atoms with Crippen LogP contribution in [0.5, 0.6) is 0 Å². The van der Waals surface area contributed by atoms with Crippen molar-refractivity contribution in [2.24, 2.45) is 0 Å². The van der Waals surface area contributed by atoms with Gasteiger partial charge in [0.1, 0.15) is 0 Å². The summed E-state index contributed by atoms with van der Waals surface area (Å²) < 4.78 is 0. The van der Waals surface area contributed by atoms with Gasteiger partial charge in [0.2, 0.25) is 5.91 Å². The van der Waals surface area contributed by atoms with E-state index in [1.165, 1.54) is 17.9 Å². The highest BCUT2D eigenvalue weighted by Crippen LogP contribution is 2.32. The molecule has 0 atom stereocenters. The van der Waals surface area contributed by atoms with Gasteiger partial charge in [0, 0.05) is 6.92 Å². The maximum Gasteiger partial charge on any atom is 0.337 e. The number of carboxylic acids is 1. The number of benzene rings is 2. The zero-order valence-electron chi connectivity index (χ0n) is 12.3. The summed E-state index contributed by atoms with van der Waals surface area (Å²) in [7, 11) is 0. The van der Waals surface area contributed by atoms with E-state index in [9.17, 15) is 14.7 Å². The third-order valence-electron chi connectivity index (χ3n) is 3.51. The molecule has 21 heavy (non-hydrogen) atoms. The summed E-state index contributed by atoms with van der Waals surface area (Å²) in [5.41, 5.74) is 3.19. The Hall–Kier alpha value is -2.62. The highest BCUT2D eigenvalue weighted by molar-refractivity contribution is 6.06. The van der Waals surface area contributed by atoms with Crippen molar-refractivity contribution in [2.45, 2.75) is 20.8 Å². The van der Waals surface area contributed by atoms with Gasteiger partial charge in [0.05, 0.1) is 16.9 Å². The van der Waals surface area contributed by atoms with Gasteiger partial charge in [0.15, 0.2) is 0 Å². The molecule has 0 radical (unpaired) electrons. The van der Waals surface area contributed by atoms with Crippen LogP contribution >= 0.6 is 0 Å². The number of aromatic carboxylic acids is 1. The fourth-order valence-corrected chi connectivity index (χ4v) is 2.30. The minimum Gasteiger partial charge on any atom is -0.478 e. The third-order valence-corrected chi connectivity index (χ3v) is 3.51. The minimum absolute atomic E-state index is 0.105. The van der Waals surface area contributed by atoms with Crippen molar-refractivity contribution in [2.75, 3.05) is 4.90 Å². The molecule has 2 rings (SSSR count). The first-order valence-electron chi connectivity index (χ1n) is 6.62. The number of carboxylic acid groups (broad SMARTS) is 1. The van der Waals surface area contributed by atoms with E-state index in [1.807, 2.05) is 32.0 Å². The molecule has 0 bridgehead atoms. The normalized spacial score (nSPS) is 10.2. The van der Waals surface area contributed by atoms with Gasteiger partial charge in [0.25, 0.3) is 0 Å². The Morgan fingerprint density at radius 2 is 1.57 bits per heavy atom. The minimum atomic E-state index is -1.05. The summed E-state index contributed by atoms with van der Waals surface area (Å²) in [4.78, 5) is 25.0. The second-order valence-corrected chi connectivity index (χ2v) is 4.90. The van der Waals surface area contributed by atoms with Crippen LogP contribution in [0.15, 0.2) is 42.5 Å². The quantitative estimate of drug-likeness (QED) is 0.934. The number of carbonyl (C=O) groups is 2. The Kier molecular flexibility index (Phi) is 4.08. The SMILES string of the molecule is CC(=O)N(c1ccccc1C(=O)O)c1cccc(C)c1C. The van der Waals surface area contributed by atoms with E-state index in [-0.39, 0.29) is 11.5 Å². The van der Waals surface area contributed by atoms with Crippen LogP contribution in [-0.4, -0.2) is 17.0 Å². The zero-order valence-corrected chi connectivity index (χ0v) is 12.3. The molecule has 0 aromatic heterocycles. The summed E-state index contributed by atoms with van der Waals surface area (Å²) in [5.74, 6) is -1.28. The molecule has 0 aliphatic carbocycles. The topological polar surface area (TPSA) is 57.6 Å². The lowest BCUT2D eigenvalue weighted by molar-refractivity contribution is -0.115. The van der Waals surface area contributed by atoms with E-state index >= 15 is 0 Å². The number of hydrogen-bond acceptors (Lipinski definition) is 2. The van der Waals surface area contributed by atoms with Crippen LogP contribution in [0, 0.1) is 13.8 Å². The Balaban J connectivity index is 2.69. The van der Waals surface area contributed by atoms with Gasteiger partial charge < -0.3 is 5.11 Å². The molecule has 0 unspecified atom stereocenters. The second-order valence-electron chi connectivity index (χ2n) is 4.90. The summed E-state index contributed by atoms with van der Waals surface area (Å²) >= 11 is 0. The molecule has 0 heterocycles. The Bertz CT molecular complexity index is 707. The molecule has 0 aliphatic rings. The number of nitrogens with zero attached hydrogens (tertiary/aromatic N) is 1. The van der Waals surface area contributed by atoms with E-state index in [0.29, 0.717) is 11.4 Å². The predicted molar refractivity (Wildman–Crippen MR) is 82.1 cm³/mol. The van der Waals surface area contributed by atoms with E-state index in [2.05, 4.69) is 0 Å². The first-order valence-corrected chi connectivity index (χ1v) is 6.62. The van der Waals surface area contributed by atoms with Crippen LogP contribution in [0.3, 0.4) is 0 Å². The lowest BCUT2D eigenvalue weighted by Gasteiger charge is -2.25. The highest BCUT2D eigenvalue weighted by atomic mass is 16.4. The van der Waals surface area contributed by atoms with Gasteiger partial charge in [-0.1, -0.05) is 24.3 Å². The number of rotatable bonds is 3. The maximum absolute atomic E-state index is 12.1. The monoisotopic (exact) mass is 283 g/mol. The standard InChI is InChI=1S/C17H17NO3/c1-11-7-6-10-15(12(11)2)18(13(3)19)16-9-5-4-8-14(16)17(20)21/h4-10H,1-3H3,(H,20,21). The fraction of sp³-hybridized carbons (Fsp3) is 0.176. The molecule has 0 saturated carbocycles. The van der Waals surface area contributed by atoms with E-state index in [0.717, 1.165) is 11.1 Å². The van der Waals surface area contributed by atoms with Gasteiger partial charge in [-0.15, -0.1) is 0 Å². The average Bonchev–Trinajstić information content (AvgIpc) is 2.44. The summed E-state index contributed by atoms with van der Waals surface area (Å²) in [5, 5.41) is 9.33. The fourth-order valence-electron chi connectivity index (χ4n) is 2.30. The van der Waals surface area contributed by atoms with Crippen molar-refractivity contribution >= 4 is 23.3 Å². The zero-order chi connectivity index (χ0) is 15.6. The Labute approximate surface area is 123 Å². The smallest absolute Gasteiger partial charge is 0.337 e. The molecule has 1 N–H and O–H groups in total. The Morgan fingerprint density at radius 1 is 0.952 bits per heavy atom. The predicted octanol–water partition coefficient (Wildman–Crippen LogP) is 3.69. The largest absolute Gasteiger partial charge is 0.478 e. The molecule has 1 amide bonds. The van der Waals surface area contributed by atoms with Crippen molar-refractivity contribution in [3.63, 3.8) is 0 Å². The molecular formula is C17H17NO3. The molecule has 4 heteroatoms. The molecule has 0 saturated heterocycles. The molecule has 2 aromatic carbocycles. The van der Waals surface area contributed by atoms with Crippen LogP contribution in [0.4, 0.5) is 11.4 Å². The van der Waals surface area contributed by atoms with E-state index < -0.39 is 5.97 Å². The van der Waals surface area contributed by atoms with Crippen LogP contribution in [0.1, 0.15) is 28.4 Å². The Morgan fingerprint density at radius 3 is 2.19 bits per heavy atom. The van der Waals surface area contributed by atoms with Gasteiger partial charge in [-0.25, -0.2) is 4.79 Å². The van der Waals surface area contributed by atoms with Crippen LogP contribution < -0.4 is 4.90 Å². The van der Waals surface area contributed by atoms with Crippen LogP contribution in [-0.2, 0) is 4.79 Å². The van der Waals surface area contributed by atoms with Gasteiger partial charge in [-0.3, -0.25) is 9.69 Å². The number of para-hydroxylation sites is 1. The number of hydrogen-bond donors (Lipinski definition) is 1. The molecule has 0 fully saturated rings. The number of amides is 1. The van der Waals surface area contributed by atoms with Gasteiger partial charge in [-0.2, -0.15) is 0 Å². The van der Waals surface area contributed by atoms with E-state index in [1.54, 1.807) is 18.2 Å².